The number of fused-ring (bicyclic) bond motifs is 1. The normalized spacial score (nSPS) is 10.3. The first-order valence-electron chi connectivity index (χ1n) is 12.9. The molecule has 1 radical (unpaired) electrons. The fraction of sp³-hybridized carbons (Fsp3) is 0. The smallest absolute Gasteiger partial charge is 0.0780 e. The quantitative estimate of drug-likeness (QED) is 0.173. The number of aromatic nitrogens is 3. The molecule has 0 saturated heterocycles. The molecular formula is C36H25IrN3-2. The van der Waals surface area contributed by atoms with Gasteiger partial charge in [0.25, 0.3) is 0 Å². The van der Waals surface area contributed by atoms with Crippen molar-refractivity contribution in [3.63, 3.8) is 0 Å². The van der Waals surface area contributed by atoms with Gasteiger partial charge in [0.1, 0.15) is 0 Å². The van der Waals surface area contributed by atoms with Crippen molar-refractivity contribution in [2.24, 2.45) is 0 Å². The average Bonchev–Trinajstić information content (AvgIpc) is 3.44. The molecule has 7 rings (SSSR count). The van der Waals surface area contributed by atoms with Gasteiger partial charge in [-0.15, -0.1) is 71.8 Å². The maximum atomic E-state index is 4.98. The fourth-order valence-corrected chi connectivity index (χ4v) is 4.59. The molecule has 2 aromatic heterocycles. The molecule has 195 valence electrons. The Labute approximate surface area is 248 Å². The van der Waals surface area contributed by atoms with Crippen molar-refractivity contribution in [2.45, 2.75) is 0 Å². The maximum absolute atomic E-state index is 4.98. The summed E-state index contributed by atoms with van der Waals surface area (Å²) in [7, 11) is 0. The molecule has 40 heavy (non-hydrogen) atoms. The van der Waals surface area contributed by atoms with Crippen molar-refractivity contribution in [1.29, 1.82) is 0 Å². The summed E-state index contributed by atoms with van der Waals surface area (Å²) < 4.78 is 2.24. The Bertz CT molecular complexity index is 1730. The number of benzene rings is 5. The molecule has 0 unspecified atom stereocenters. The third-order valence-electron chi connectivity index (χ3n) is 6.38. The van der Waals surface area contributed by atoms with Crippen molar-refractivity contribution in [3.05, 3.63) is 164 Å². The summed E-state index contributed by atoms with van der Waals surface area (Å²) in [5.74, 6) is 0.903. The minimum Gasteiger partial charge on any atom is -0.333 e. The number of hydrogen-bond donors (Lipinski definition) is 0. The molecule has 0 atom stereocenters. The zero-order valence-corrected chi connectivity index (χ0v) is 24.0. The van der Waals surface area contributed by atoms with Crippen LogP contribution < -0.4 is 0 Å². The summed E-state index contributed by atoms with van der Waals surface area (Å²) in [6, 6.07) is 55.3. The molecule has 5 aromatic carbocycles. The largest absolute Gasteiger partial charge is 0.333 e. The predicted molar refractivity (Wildman–Crippen MR) is 159 cm³/mol. The summed E-state index contributed by atoms with van der Waals surface area (Å²) >= 11 is 0. The van der Waals surface area contributed by atoms with Crippen molar-refractivity contribution in [2.75, 3.05) is 0 Å². The third-order valence-corrected chi connectivity index (χ3v) is 6.38. The van der Waals surface area contributed by atoms with Gasteiger partial charge < -0.3 is 9.55 Å². The van der Waals surface area contributed by atoms with Crippen LogP contribution in [0.5, 0.6) is 0 Å². The van der Waals surface area contributed by atoms with Gasteiger partial charge in [-0.3, -0.25) is 4.98 Å². The van der Waals surface area contributed by atoms with Gasteiger partial charge in [-0.05, 0) is 35.5 Å². The molecule has 0 aliphatic rings. The number of para-hydroxylation sites is 2. The van der Waals surface area contributed by atoms with E-state index in [2.05, 4.69) is 94.5 Å². The Balaban J connectivity index is 0.000000209. The first-order chi connectivity index (χ1) is 19.4. The van der Waals surface area contributed by atoms with Gasteiger partial charge in [0.05, 0.1) is 16.9 Å². The van der Waals surface area contributed by atoms with Crippen LogP contribution >= 0.6 is 0 Å². The molecule has 0 spiro atoms. The van der Waals surface area contributed by atoms with E-state index in [1.807, 2.05) is 72.8 Å². The van der Waals surface area contributed by atoms with Crippen LogP contribution in [-0.4, -0.2) is 14.5 Å². The minimum absolute atomic E-state index is 0. The van der Waals surface area contributed by atoms with Gasteiger partial charge in [0.2, 0.25) is 0 Å². The second kappa shape index (κ2) is 12.9. The van der Waals surface area contributed by atoms with E-state index in [-0.39, 0.29) is 20.1 Å². The molecule has 4 heteroatoms. The SMILES string of the molecule is [Ir].[c-]1ccccc1-c1ccccn1.[c-]1ccccc1-c1nc2cccc(-c3ccccc3)c2n1-c1ccccc1. The molecular weight excluding hydrogens is 667 g/mol. The van der Waals surface area contributed by atoms with Crippen LogP contribution in [0.1, 0.15) is 0 Å². The van der Waals surface area contributed by atoms with Gasteiger partial charge in [-0.25, -0.2) is 0 Å². The molecule has 2 heterocycles. The molecule has 0 aliphatic carbocycles. The Morgan fingerprint density at radius 3 is 1.85 bits per heavy atom. The molecule has 0 N–H and O–H groups in total. The Hall–Kier alpha value is -4.63. The molecule has 0 saturated carbocycles. The van der Waals surface area contributed by atoms with Crippen molar-refractivity contribution >= 4 is 11.0 Å². The van der Waals surface area contributed by atoms with E-state index in [0.717, 1.165) is 39.4 Å². The van der Waals surface area contributed by atoms with E-state index in [0.29, 0.717) is 0 Å². The molecule has 7 aromatic rings. The molecule has 0 aliphatic heterocycles. The van der Waals surface area contributed by atoms with Gasteiger partial charge in [0.15, 0.2) is 0 Å². The third kappa shape index (κ3) is 5.84. The summed E-state index contributed by atoms with van der Waals surface area (Å²) in [5.41, 5.74) is 8.54. The van der Waals surface area contributed by atoms with Gasteiger partial charge in [-0.2, -0.15) is 0 Å². The number of pyridine rings is 1. The van der Waals surface area contributed by atoms with E-state index in [1.165, 1.54) is 11.1 Å². The van der Waals surface area contributed by atoms with Crippen LogP contribution in [0.15, 0.2) is 152 Å². The Morgan fingerprint density at radius 2 is 1.20 bits per heavy atom. The average molecular weight is 692 g/mol. The first kappa shape index (κ1) is 27.0. The number of nitrogens with zero attached hydrogens (tertiary/aromatic N) is 3. The van der Waals surface area contributed by atoms with Crippen LogP contribution in [0.3, 0.4) is 0 Å². The molecule has 3 nitrogen and oxygen atoms in total. The van der Waals surface area contributed by atoms with Gasteiger partial charge >= 0.3 is 0 Å². The molecule has 0 fully saturated rings. The zero-order valence-electron chi connectivity index (χ0n) is 21.6. The summed E-state index contributed by atoms with van der Waals surface area (Å²) in [4.78, 5) is 9.19. The van der Waals surface area contributed by atoms with E-state index >= 15 is 0 Å². The van der Waals surface area contributed by atoms with Crippen LogP contribution in [0.25, 0.3) is 50.5 Å². The first-order valence-corrected chi connectivity index (χ1v) is 12.9. The molecule has 0 amide bonds. The number of imidazole rings is 1. The van der Waals surface area contributed by atoms with E-state index in [1.54, 1.807) is 6.20 Å². The monoisotopic (exact) mass is 692 g/mol. The van der Waals surface area contributed by atoms with E-state index in [4.69, 9.17) is 4.98 Å². The zero-order chi connectivity index (χ0) is 26.3. The van der Waals surface area contributed by atoms with Crippen LogP contribution in [0, 0.1) is 12.1 Å². The van der Waals surface area contributed by atoms with Gasteiger partial charge in [-0.1, -0.05) is 72.8 Å². The Morgan fingerprint density at radius 1 is 0.550 bits per heavy atom. The van der Waals surface area contributed by atoms with E-state index < -0.39 is 0 Å². The van der Waals surface area contributed by atoms with Crippen molar-refractivity contribution < 1.29 is 20.1 Å². The van der Waals surface area contributed by atoms with Crippen LogP contribution in [0.4, 0.5) is 0 Å². The predicted octanol–water partition coefficient (Wildman–Crippen LogP) is 8.71. The van der Waals surface area contributed by atoms with Crippen LogP contribution in [-0.2, 0) is 20.1 Å². The summed E-state index contributed by atoms with van der Waals surface area (Å²) in [5, 5.41) is 0. The fourth-order valence-electron chi connectivity index (χ4n) is 4.59. The van der Waals surface area contributed by atoms with E-state index in [9.17, 15) is 0 Å². The van der Waals surface area contributed by atoms with Crippen molar-refractivity contribution in [3.8, 4) is 39.5 Å². The maximum Gasteiger partial charge on any atom is 0.0780 e. The standard InChI is InChI=1S/C25H17N2.C11H8N.Ir/c1-4-11-19(12-5-1)22-17-10-18-23-24(22)27(21-15-8-3-9-16-21)25(26-23)20-13-6-2-7-14-20;1-2-6-10(7-3-1)11-8-4-5-9-12-11;/h1-13,15-18H;1-6,8-9H;/q2*-1;. The van der Waals surface area contributed by atoms with Crippen LogP contribution in [0.2, 0.25) is 0 Å². The Kier molecular flexibility index (Phi) is 8.72. The topological polar surface area (TPSA) is 30.7 Å². The number of hydrogen-bond acceptors (Lipinski definition) is 2. The second-order valence-electron chi connectivity index (χ2n) is 8.91. The second-order valence-corrected chi connectivity index (χ2v) is 8.91. The van der Waals surface area contributed by atoms with Crippen molar-refractivity contribution in [1.82, 2.24) is 14.5 Å². The summed E-state index contributed by atoms with van der Waals surface area (Å²) in [6.07, 6.45) is 1.79. The molecule has 0 bridgehead atoms. The summed E-state index contributed by atoms with van der Waals surface area (Å²) in [6.45, 7) is 0. The number of rotatable bonds is 4. The minimum atomic E-state index is 0. The van der Waals surface area contributed by atoms with Gasteiger partial charge in [0, 0.05) is 37.6 Å².